The fraction of sp³-hybridized carbons (Fsp3) is 0.625. The van der Waals surface area contributed by atoms with E-state index in [1.807, 2.05) is 18.2 Å². The smallest absolute Gasteiger partial charge is 0.0470 e. The Kier molecular flexibility index (Phi) is 8.11. The summed E-state index contributed by atoms with van der Waals surface area (Å²) in [5, 5.41) is 0.793. The number of benzene rings is 1. The van der Waals surface area contributed by atoms with Gasteiger partial charge in [0.2, 0.25) is 0 Å². The van der Waals surface area contributed by atoms with Gasteiger partial charge in [0.05, 0.1) is 0 Å². The van der Waals surface area contributed by atoms with E-state index >= 15 is 0 Å². The van der Waals surface area contributed by atoms with Crippen LogP contribution in [0.25, 0.3) is 0 Å². The minimum atomic E-state index is 0.289. The Morgan fingerprint density at radius 2 is 1.79 bits per heavy atom. The van der Waals surface area contributed by atoms with Gasteiger partial charge >= 0.3 is 0 Å². The van der Waals surface area contributed by atoms with E-state index in [1.54, 1.807) is 0 Å². The molecule has 2 N–H and O–H groups in total. The van der Waals surface area contributed by atoms with E-state index in [0.717, 1.165) is 18.1 Å². The van der Waals surface area contributed by atoms with Crippen molar-refractivity contribution in [1.82, 2.24) is 4.90 Å². The highest BCUT2D eigenvalue weighted by atomic mass is 35.5. The Bertz CT molecular complexity index is 346. The molecule has 0 aromatic heterocycles. The average molecular weight is 283 g/mol. The van der Waals surface area contributed by atoms with Crippen molar-refractivity contribution in [1.29, 1.82) is 0 Å². The van der Waals surface area contributed by atoms with Crippen LogP contribution in [-0.4, -0.2) is 24.5 Å². The quantitative estimate of drug-likeness (QED) is 0.734. The fourth-order valence-corrected chi connectivity index (χ4v) is 2.55. The lowest BCUT2D eigenvalue weighted by Crippen LogP contribution is -2.35. The Hall–Kier alpha value is -0.570. The molecule has 1 aromatic rings. The number of halogens is 1. The van der Waals surface area contributed by atoms with Gasteiger partial charge in [0.15, 0.2) is 0 Å². The van der Waals surface area contributed by atoms with Crippen LogP contribution in [0.15, 0.2) is 24.3 Å². The van der Waals surface area contributed by atoms with Gasteiger partial charge in [-0.25, -0.2) is 0 Å². The summed E-state index contributed by atoms with van der Waals surface area (Å²) in [6, 6.07) is 8.40. The molecule has 0 saturated heterocycles. The maximum atomic E-state index is 6.10. The zero-order chi connectivity index (χ0) is 14.1. The molecule has 1 rings (SSSR count). The molecule has 0 bridgehead atoms. The van der Waals surface area contributed by atoms with Crippen LogP contribution in [0.2, 0.25) is 5.02 Å². The molecule has 1 aromatic carbocycles. The van der Waals surface area contributed by atoms with Crippen LogP contribution in [0, 0.1) is 0 Å². The normalized spacial score (nSPS) is 12.9. The molecule has 108 valence electrons. The molecule has 0 amide bonds. The summed E-state index contributed by atoms with van der Waals surface area (Å²) < 4.78 is 0. The van der Waals surface area contributed by atoms with Crippen molar-refractivity contribution in [3.05, 3.63) is 34.9 Å². The lowest BCUT2D eigenvalue weighted by atomic mass is 10.0. The molecular weight excluding hydrogens is 256 g/mol. The van der Waals surface area contributed by atoms with Crippen LogP contribution >= 0.6 is 11.6 Å². The molecule has 0 radical (unpaired) electrons. The second-order valence-corrected chi connectivity index (χ2v) is 5.49. The number of hydrogen-bond donors (Lipinski definition) is 1. The molecule has 1 unspecified atom stereocenters. The summed E-state index contributed by atoms with van der Waals surface area (Å²) in [5.74, 6) is 0. The molecule has 2 nitrogen and oxygen atoms in total. The first-order valence-electron chi connectivity index (χ1n) is 7.42. The summed E-state index contributed by atoms with van der Waals surface area (Å²) in [4.78, 5) is 2.51. The van der Waals surface area contributed by atoms with Crippen molar-refractivity contribution < 1.29 is 0 Å². The second kappa shape index (κ2) is 9.35. The Balaban J connectivity index is 2.81. The number of hydrogen-bond acceptors (Lipinski definition) is 2. The molecule has 0 aliphatic carbocycles. The molecule has 19 heavy (non-hydrogen) atoms. The summed E-state index contributed by atoms with van der Waals surface area (Å²) in [6.45, 7) is 7.34. The molecule has 3 heteroatoms. The number of nitrogens with zero attached hydrogens (tertiary/aromatic N) is 1. The van der Waals surface area contributed by atoms with E-state index < -0.39 is 0 Å². The number of rotatable bonds is 9. The van der Waals surface area contributed by atoms with E-state index in [1.165, 1.54) is 31.2 Å². The van der Waals surface area contributed by atoms with Gasteiger partial charge < -0.3 is 5.73 Å². The minimum absolute atomic E-state index is 0.289. The van der Waals surface area contributed by atoms with Gasteiger partial charge in [-0.05, 0) is 43.6 Å². The first-order chi connectivity index (χ1) is 9.22. The van der Waals surface area contributed by atoms with Crippen molar-refractivity contribution in [3.63, 3.8) is 0 Å². The average Bonchev–Trinajstić information content (AvgIpc) is 2.42. The maximum Gasteiger partial charge on any atom is 0.0470 e. The lowest BCUT2D eigenvalue weighted by Gasteiger charge is -2.31. The largest absolute Gasteiger partial charge is 0.329 e. The third-order valence-corrected chi connectivity index (χ3v) is 3.73. The third kappa shape index (κ3) is 5.52. The van der Waals surface area contributed by atoms with E-state index in [0.29, 0.717) is 6.54 Å². The maximum absolute atomic E-state index is 6.10. The Morgan fingerprint density at radius 3 is 2.26 bits per heavy atom. The van der Waals surface area contributed by atoms with Gasteiger partial charge in [0, 0.05) is 17.6 Å². The SMILES string of the molecule is CCCCN(CCCC)C(CN)c1cccc(Cl)c1. The summed E-state index contributed by atoms with van der Waals surface area (Å²) >= 11 is 6.10. The van der Waals surface area contributed by atoms with Gasteiger partial charge in [-0.1, -0.05) is 50.4 Å². The van der Waals surface area contributed by atoms with Crippen LogP contribution in [0.4, 0.5) is 0 Å². The molecule has 0 fully saturated rings. The standard InChI is InChI=1S/C16H27ClN2/c1-3-5-10-19(11-6-4-2)16(13-18)14-8-7-9-15(17)12-14/h7-9,12,16H,3-6,10-11,13,18H2,1-2H3. The van der Waals surface area contributed by atoms with Crippen LogP contribution in [0.1, 0.15) is 51.1 Å². The molecular formula is C16H27ClN2. The molecule has 0 aliphatic heterocycles. The van der Waals surface area contributed by atoms with Gasteiger partial charge in [-0.15, -0.1) is 0 Å². The van der Waals surface area contributed by atoms with E-state index in [2.05, 4.69) is 24.8 Å². The summed E-state index contributed by atoms with van der Waals surface area (Å²) in [7, 11) is 0. The zero-order valence-electron chi connectivity index (χ0n) is 12.2. The van der Waals surface area contributed by atoms with Crippen molar-refractivity contribution in [2.75, 3.05) is 19.6 Å². The van der Waals surface area contributed by atoms with Crippen molar-refractivity contribution in [3.8, 4) is 0 Å². The van der Waals surface area contributed by atoms with Crippen molar-refractivity contribution in [2.45, 2.75) is 45.6 Å². The van der Waals surface area contributed by atoms with Crippen LogP contribution < -0.4 is 5.73 Å². The van der Waals surface area contributed by atoms with Crippen LogP contribution in [-0.2, 0) is 0 Å². The molecule has 1 atom stereocenters. The summed E-state index contributed by atoms with van der Waals surface area (Å²) in [6.07, 6.45) is 4.88. The lowest BCUT2D eigenvalue weighted by molar-refractivity contribution is 0.195. The van der Waals surface area contributed by atoms with Gasteiger partial charge in [0.25, 0.3) is 0 Å². The molecule has 0 saturated carbocycles. The zero-order valence-corrected chi connectivity index (χ0v) is 13.0. The van der Waals surface area contributed by atoms with E-state index in [4.69, 9.17) is 17.3 Å². The number of nitrogens with two attached hydrogens (primary N) is 1. The fourth-order valence-electron chi connectivity index (χ4n) is 2.36. The summed E-state index contributed by atoms with van der Waals surface area (Å²) in [5.41, 5.74) is 7.25. The van der Waals surface area contributed by atoms with E-state index in [9.17, 15) is 0 Å². The topological polar surface area (TPSA) is 29.3 Å². The first kappa shape index (κ1) is 16.5. The second-order valence-electron chi connectivity index (χ2n) is 5.05. The molecule has 0 heterocycles. The highest BCUT2D eigenvalue weighted by molar-refractivity contribution is 6.30. The van der Waals surface area contributed by atoms with Crippen LogP contribution in [0.3, 0.4) is 0 Å². The molecule has 0 aliphatic rings. The Morgan fingerprint density at radius 1 is 1.16 bits per heavy atom. The third-order valence-electron chi connectivity index (χ3n) is 3.50. The molecule has 0 spiro atoms. The monoisotopic (exact) mass is 282 g/mol. The number of unbranched alkanes of at least 4 members (excludes halogenated alkanes) is 2. The minimum Gasteiger partial charge on any atom is -0.329 e. The van der Waals surface area contributed by atoms with Gasteiger partial charge in [-0.3, -0.25) is 4.90 Å². The predicted octanol–water partition coefficient (Wildman–Crippen LogP) is 4.24. The van der Waals surface area contributed by atoms with Crippen molar-refractivity contribution in [2.24, 2.45) is 5.73 Å². The first-order valence-corrected chi connectivity index (χ1v) is 7.80. The predicted molar refractivity (Wildman–Crippen MR) is 84.6 cm³/mol. The van der Waals surface area contributed by atoms with Gasteiger partial charge in [-0.2, -0.15) is 0 Å². The highest BCUT2D eigenvalue weighted by Gasteiger charge is 2.18. The van der Waals surface area contributed by atoms with Crippen molar-refractivity contribution >= 4 is 11.6 Å². The van der Waals surface area contributed by atoms with Crippen LogP contribution in [0.5, 0.6) is 0 Å². The van der Waals surface area contributed by atoms with E-state index in [-0.39, 0.29) is 6.04 Å². The Labute approximate surface area is 122 Å². The van der Waals surface area contributed by atoms with Gasteiger partial charge in [0.1, 0.15) is 0 Å². The highest BCUT2D eigenvalue weighted by Crippen LogP contribution is 2.23.